The lowest BCUT2D eigenvalue weighted by Crippen LogP contribution is -2.54. The van der Waals surface area contributed by atoms with Crippen LogP contribution >= 0.6 is 0 Å². The molecule has 0 saturated carbocycles. The van der Waals surface area contributed by atoms with Crippen molar-refractivity contribution in [2.24, 2.45) is 22.9 Å². The molecular formula is C17H31N7O7. The molecule has 0 radical (unpaired) electrons. The lowest BCUT2D eigenvalue weighted by Gasteiger charge is -2.20. The van der Waals surface area contributed by atoms with Crippen molar-refractivity contribution in [3.63, 3.8) is 0 Å². The molecule has 3 unspecified atom stereocenters. The quantitative estimate of drug-likeness (QED) is 0.107. The Balaban J connectivity index is 4.86. The van der Waals surface area contributed by atoms with Crippen LogP contribution in [0.1, 0.15) is 38.5 Å². The Morgan fingerprint density at radius 3 is 2.00 bits per heavy atom. The summed E-state index contributed by atoms with van der Waals surface area (Å²) < 4.78 is 0. The molecule has 0 heterocycles. The molecule has 176 valence electrons. The zero-order valence-corrected chi connectivity index (χ0v) is 17.1. The third-order valence-corrected chi connectivity index (χ3v) is 4.07. The Labute approximate surface area is 178 Å². The van der Waals surface area contributed by atoms with Crippen molar-refractivity contribution in [1.82, 2.24) is 16.0 Å². The first-order valence-corrected chi connectivity index (χ1v) is 9.60. The maximum Gasteiger partial charge on any atom is 0.326 e. The van der Waals surface area contributed by atoms with Crippen LogP contribution in [0.4, 0.5) is 0 Å². The van der Waals surface area contributed by atoms with Crippen molar-refractivity contribution < 1.29 is 33.9 Å². The molecule has 0 aromatic heterocycles. The highest BCUT2D eigenvalue weighted by Crippen LogP contribution is 2.02. The standard InChI is InChI=1S/C17H31N7O7/c18-6-2-1-3-11(17(30)31)23-14(27)8-22-16(29)10(4-5-12(20)25)24-15(28)9(19)7-13(21)26/h9-11H,1-8,18-19H2,(H2,20,25)(H2,21,26)(H,22,29)(H,23,27)(H,24,28)(H,30,31). The van der Waals surface area contributed by atoms with Crippen LogP contribution in [-0.2, 0) is 28.8 Å². The first-order valence-electron chi connectivity index (χ1n) is 9.60. The molecule has 0 aliphatic rings. The van der Waals surface area contributed by atoms with Gasteiger partial charge in [0, 0.05) is 6.42 Å². The number of nitrogens with two attached hydrogens (primary N) is 4. The number of hydrogen-bond donors (Lipinski definition) is 8. The minimum Gasteiger partial charge on any atom is -0.480 e. The van der Waals surface area contributed by atoms with Gasteiger partial charge in [-0.15, -0.1) is 0 Å². The Kier molecular flexibility index (Phi) is 13.1. The van der Waals surface area contributed by atoms with Crippen LogP contribution < -0.4 is 38.9 Å². The lowest BCUT2D eigenvalue weighted by atomic mass is 10.1. The number of carboxylic acids is 1. The van der Waals surface area contributed by atoms with E-state index in [1.54, 1.807) is 0 Å². The van der Waals surface area contributed by atoms with E-state index in [-0.39, 0.29) is 19.3 Å². The SMILES string of the molecule is NCCCCC(NC(=O)CNC(=O)C(CCC(N)=O)NC(=O)C(N)CC(N)=O)C(=O)O. The fraction of sp³-hybridized carbons (Fsp3) is 0.647. The van der Waals surface area contributed by atoms with Crippen molar-refractivity contribution in [1.29, 1.82) is 0 Å². The molecule has 0 rings (SSSR count). The van der Waals surface area contributed by atoms with Crippen LogP contribution in [0.25, 0.3) is 0 Å². The van der Waals surface area contributed by atoms with E-state index in [1.807, 2.05) is 0 Å². The van der Waals surface area contributed by atoms with Crippen LogP contribution in [0, 0.1) is 0 Å². The molecule has 0 saturated heterocycles. The summed E-state index contributed by atoms with van der Waals surface area (Å²) in [5.41, 5.74) is 20.9. The maximum absolute atomic E-state index is 12.4. The molecule has 0 aliphatic carbocycles. The van der Waals surface area contributed by atoms with Gasteiger partial charge in [0.1, 0.15) is 12.1 Å². The summed E-state index contributed by atoms with van der Waals surface area (Å²) in [5.74, 6) is -5.24. The molecule has 14 heteroatoms. The minimum absolute atomic E-state index is 0.168. The highest BCUT2D eigenvalue weighted by Gasteiger charge is 2.26. The number of nitrogens with one attached hydrogen (secondary N) is 3. The predicted molar refractivity (Wildman–Crippen MR) is 108 cm³/mol. The Morgan fingerprint density at radius 1 is 0.839 bits per heavy atom. The van der Waals surface area contributed by atoms with E-state index < -0.39 is 66.6 Å². The summed E-state index contributed by atoms with van der Waals surface area (Å²) >= 11 is 0. The van der Waals surface area contributed by atoms with Gasteiger partial charge in [0.15, 0.2) is 0 Å². The Morgan fingerprint density at radius 2 is 1.48 bits per heavy atom. The van der Waals surface area contributed by atoms with E-state index in [0.29, 0.717) is 19.4 Å². The van der Waals surface area contributed by atoms with E-state index in [1.165, 1.54) is 0 Å². The zero-order valence-electron chi connectivity index (χ0n) is 17.1. The molecule has 0 aromatic rings. The van der Waals surface area contributed by atoms with Gasteiger partial charge in [0.05, 0.1) is 19.0 Å². The number of amides is 5. The van der Waals surface area contributed by atoms with E-state index in [0.717, 1.165) is 0 Å². The van der Waals surface area contributed by atoms with Crippen LogP contribution in [0.3, 0.4) is 0 Å². The molecule has 31 heavy (non-hydrogen) atoms. The van der Waals surface area contributed by atoms with E-state index >= 15 is 0 Å². The van der Waals surface area contributed by atoms with Crippen molar-refractivity contribution in [3.05, 3.63) is 0 Å². The fourth-order valence-corrected chi connectivity index (χ4v) is 2.43. The zero-order chi connectivity index (χ0) is 24.0. The molecule has 0 spiro atoms. The third-order valence-electron chi connectivity index (χ3n) is 4.07. The fourth-order valence-electron chi connectivity index (χ4n) is 2.43. The van der Waals surface area contributed by atoms with Crippen LogP contribution in [-0.4, -0.2) is 71.8 Å². The van der Waals surface area contributed by atoms with Crippen LogP contribution in [0.2, 0.25) is 0 Å². The summed E-state index contributed by atoms with van der Waals surface area (Å²) in [6.45, 7) is -0.187. The number of carbonyl (C=O) groups is 6. The van der Waals surface area contributed by atoms with Gasteiger partial charge < -0.3 is 44.0 Å². The molecule has 3 atom stereocenters. The van der Waals surface area contributed by atoms with E-state index in [4.69, 9.17) is 28.0 Å². The number of carbonyl (C=O) groups excluding carboxylic acids is 5. The molecule has 12 N–H and O–H groups in total. The average molecular weight is 445 g/mol. The van der Waals surface area contributed by atoms with Crippen molar-refractivity contribution in [2.45, 2.75) is 56.7 Å². The molecule has 5 amide bonds. The normalized spacial score (nSPS) is 13.4. The first-order chi connectivity index (χ1) is 14.5. The smallest absolute Gasteiger partial charge is 0.326 e. The van der Waals surface area contributed by atoms with Gasteiger partial charge in [-0.25, -0.2) is 4.79 Å². The van der Waals surface area contributed by atoms with Crippen LogP contribution in [0.5, 0.6) is 0 Å². The van der Waals surface area contributed by atoms with E-state index in [2.05, 4.69) is 16.0 Å². The van der Waals surface area contributed by atoms with Gasteiger partial charge in [-0.3, -0.25) is 24.0 Å². The van der Waals surface area contributed by atoms with Gasteiger partial charge in [-0.1, -0.05) is 0 Å². The molecule has 0 fully saturated rings. The molecule has 14 nitrogen and oxygen atoms in total. The summed E-state index contributed by atoms with van der Waals surface area (Å²) in [4.78, 5) is 69.5. The van der Waals surface area contributed by atoms with E-state index in [9.17, 15) is 28.8 Å². The molecule has 0 aromatic carbocycles. The van der Waals surface area contributed by atoms with Crippen LogP contribution in [0.15, 0.2) is 0 Å². The highest BCUT2D eigenvalue weighted by atomic mass is 16.4. The summed E-state index contributed by atoms with van der Waals surface area (Å²) in [5, 5.41) is 15.9. The van der Waals surface area contributed by atoms with Crippen molar-refractivity contribution in [2.75, 3.05) is 13.1 Å². The topological polar surface area (TPSA) is 263 Å². The maximum atomic E-state index is 12.4. The molecule has 0 aliphatic heterocycles. The number of rotatable bonds is 16. The highest BCUT2D eigenvalue weighted by molar-refractivity contribution is 5.94. The van der Waals surface area contributed by atoms with Gasteiger partial charge in [0.2, 0.25) is 29.5 Å². The average Bonchev–Trinajstić information content (AvgIpc) is 2.67. The minimum atomic E-state index is -1.31. The number of aliphatic carboxylic acids is 1. The monoisotopic (exact) mass is 445 g/mol. The second-order valence-corrected chi connectivity index (χ2v) is 6.80. The number of carboxylic acid groups (broad SMARTS) is 1. The number of primary amides is 2. The van der Waals surface area contributed by atoms with Gasteiger partial charge >= 0.3 is 5.97 Å². The summed E-state index contributed by atoms with van der Waals surface area (Å²) in [6, 6.07) is -3.73. The number of hydrogen-bond acceptors (Lipinski definition) is 8. The largest absolute Gasteiger partial charge is 0.480 e. The Hall–Kier alpha value is -3.26. The second-order valence-electron chi connectivity index (χ2n) is 6.80. The first kappa shape index (κ1) is 27.7. The summed E-state index contributed by atoms with van der Waals surface area (Å²) in [6.07, 6.45) is 0.356. The Bertz CT molecular complexity index is 671. The third kappa shape index (κ3) is 12.8. The van der Waals surface area contributed by atoms with Gasteiger partial charge in [-0.05, 0) is 32.2 Å². The van der Waals surface area contributed by atoms with Gasteiger partial charge in [-0.2, -0.15) is 0 Å². The van der Waals surface area contributed by atoms with Crippen molar-refractivity contribution >= 4 is 35.5 Å². The summed E-state index contributed by atoms with van der Waals surface area (Å²) in [7, 11) is 0. The second kappa shape index (κ2) is 14.7. The predicted octanol–water partition coefficient (Wildman–Crippen LogP) is -4.25. The van der Waals surface area contributed by atoms with Crippen molar-refractivity contribution in [3.8, 4) is 0 Å². The van der Waals surface area contributed by atoms with Gasteiger partial charge in [0.25, 0.3) is 0 Å². The lowest BCUT2D eigenvalue weighted by molar-refractivity contribution is -0.142. The number of unbranched alkanes of at least 4 members (excludes halogenated alkanes) is 1. The molecular weight excluding hydrogens is 414 g/mol. The molecule has 0 bridgehead atoms.